The molecule has 0 unspecified atom stereocenters. The van der Waals surface area contributed by atoms with Gasteiger partial charge >= 0.3 is 0 Å². The van der Waals surface area contributed by atoms with E-state index in [1.165, 1.54) is 48.5 Å². The summed E-state index contributed by atoms with van der Waals surface area (Å²) < 4.78 is -1.75. The first-order valence-electron chi connectivity index (χ1n) is 5.42. The van der Waals surface area contributed by atoms with Crippen molar-refractivity contribution in [2.75, 3.05) is 0 Å². The number of hydrogen-bond donors (Lipinski definition) is 2. The fourth-order valence-corrected chi connectivity index (χ4v) is 2.07. The summed E-state index contributed by atoms with van der Waals surface area (Å²) in [5.74, 6) is -0.387. The van der Waals surface area contributed by atoms with E-state index in [1.807, 2.05) is 0 Å². The highest BCUT2D eigenvalue weighted by Gasteiger charge is 2.36. The summed E-state index contributed by atoms with van der Waals surface area (Å²) in [6, 6.07) is 11.4. The van der Waals surface area contributed by atoms with Gasteiger partial charge in [-0.3, -0.25) is 4.79 Å². The molecule has 98 valence electrons. The summed E-state index contributed by atoms with van der Waals surface area (Å²) in [6.07, 6.45) is 0. The Balaban J connectivity index is 2.35. The normalized spacial score (nSPS) is 11.3. The molecule has 2 N–H and O–H groups in total. The first kappa shape index (κ1) is 13.7. The average Bonchev–Trinajstić information content (AvgIpc) is 2.39. The fourth-order valence-electron chi connectivity index (χ4n) is 1.60. The van der Waals surface area contributed by atoms with Crippen molar-refractivity contribution in [1.82, 2.24) is 0 Å². The maximum absolute atomic E-state index is 12.3. The topological polar surface area (TPSA) is 57.5 Å². The number of aromatic hydroxyl groups is 2. The SMILES string of the molecule is O=C(c1ccc(O)cc1)C(Cl)(Cl)c1ccc(O)cc1. The Kier molecular flexibility index (Phi) is 3.69. The average molecular weight is 297 g/mol. The van der Waals surface area contributed by atoms with Gasteiger partial charge in [-0.25, -0.2) is 0 Å². The Morgan fingerprint density at radius 3 is 1.74 bits per heavy atom. The van der Waals surface area contributed by atoms with Crippen LogP contribution in [0.4, 0.5) is 0 Å². The number of hydrogen-bond acceptors (Lipinski definition) is 3. The van der Waals surface area contributed by atoms with Gasteiger partial charge in [-0.05, 0) is 42.0 Å². The summed E-state index contributed by atoms with van der Waals surface area (Å²) in [6.45, 7) is 0. The maximum Gasteiger partial charge on any atom is 0.205 e. The van der Waals surface area contributed by atoms with Crippen LogP contribution in [0.15, 0.2) is 48.5 Å². The Hall–Kier alpha value is -1.71. The largest absolute Gasteiger partial charge is 0.508 e. The lowest BCUT2D eigenvalue weighted by Crippen LogP contribution is -2.23. The number of benzene rings is 2. The zero-order chi connectivity index (χ0) is 14.0. The minimum absolute atomic E-state index is 0.0518. The number of rotatable bonds is 3. The molecular weight excluding hydrogens is 287 g/mol. The molecule has 0 radical (unpaired) electrons. The van der Waals surface area contributed by atoms with Gasteiger partial charge in [-0.15, -0.1) is 0 Å². The van der Waals surface area contributed by atoms with Crippen molar-refractivity contribution < 1.29 is 15.0 Å². The van der Waals surface area contributed by atoms with Crippen molar-refractivity contribution in [1.29, 1.82) is 0 Å². The summed E-state index contributed by atoms with van der Waals surface area (Å²) >= 11 is 12.2. The zero-order valence-electron chi connectivity index (χ0n) is 9.68. The first-order valence-corrected chi connectivity index (χ1v) is 6.18. The molecule has 0 aliphatic rings. The standard InChI is InChI=1S/C14H10Cl2O3/c15-14(16,10-3-7-12(18)8-4-10)13(19)9-1-5-11(17)6-2-9/h1-8,17-18H. The molecule has 0 aliphatic carbocycles. The fraction of sp³-hybridized carbons (Fsp3) is 0.0714. The lowest BCUT2D eigenvalue weighted by Gasteiger charge is -2.18. The lowest BCUT2D eigenvalue weighted by atomic mass is 10.0. The first-order chi connectivity index (χ1) is 8.91. The van der Waals surface area contributed by atoms with Gasteiger partial charge in [0.2, 0.25) is 10.1 Å². The number of phenols is 2. The van der Waals surface area contributed by atoms with Gasteiger partial charge in [0.15, 0.2) is 0 Å². The van der Waals surface area contributed by atoms with Crippen LogP contribution < -0.4 is 0 Å². The molecule has 0 atom stereocenters. The summed E-state index contributed by atoms with van der Waals surface area (Å²) in [7, 11) is 0. The molecule has 0 aromatic heterocycles. The Morgan fingerprint density at radius 1 is 0.842 bits per heavy atom. The second-order valence-corrected chi connectivity index (χ2v) is 5.32. The third-order valence-electron chi connectivity index (χ3n) is 2.64. The number of halogens is 2. The molecule has 3 nitrogen and oxygen atoms in total. The number of alkyl halides is 2. The van der Waals surface area contributed by atoms with E-state index < -0.39 is 10.1 Å². The molecule has 0 amide bonds. The highest BCUT2D eigenvalue weighted by molar-refractivity contribution is 6.59. The molecule has 0 bridgehead atoms. The van der Waals surface area contributed by atoms with Gasteiger partial charge in [0, 0.05) is 5.56 Å². The third kappa shape index (κ3) is 2.83. The van der Waals surface area contributed by atoms with Crippen LogP contribution in [0.1, 0.15) is 15.9 Å². The molecule has 0 heterocycles. The molecule has 2 rings (SSSR count). The monoisotopic (exact) mass is 296 g/mol. The smallest absolute Gasteiger partial charge is 0.205 e. The number of phenolic OH excluding ortho intramolecular Hbond substituents is 2. The molecule has 0 saturated carbocycles. The zero-order valence-corrected chi connectivity index (χ0v) is 11.2. The molecule has 19 heavy (non-hydrogen) atoms. The predicted molar refractivity (Wildman–Crippen MR) is 73.9 cm³/mol. The number of ketones is 1. The lowest BCUT2D eigenvalue weighted by molar-refractivity contribution is 0.0972. The second-order valence-electron chi connectivity index (χ2n) is 4.00. The molecule has 2 aromatic rings. The van der Waals surface area contributed by atoms with Gasteiger partial charge in [-0.2, -0.15) is 0 Å². The molecule has 0 aliphatic heterocycles. The van der Waals surface area contributed by atoms with E-state index in [0.29, 0.717) is 5.56 Å². The van der Waals surface area contributed by atoms with E-state index in [0.717, 1.165) is 0 Å². The van der Waals surface area contributed by atoms with E-state index >= 15 is 0 Å². The van der Waals surface area contributed by atoms with Crippen LogP contribution >= 0.6 is 23.2 Å². The third-order valence-corrected chi connectivity index (χ3v) is 3.42. The maximum atomic E-state index is 12.3. The van der Waals surface area contributed by atoms with Gasteiger partial charge in [0.25, 0.3) is 0 Å². The van der Waals surface area contributed by atoms with Crippen LogP contribution in [0.2, 0.25) is 0 Å². The summed E-state index contributed by atoms with van der Waals surface area (Å²) in [5.41, 5.74) is 0.655. The van der Waals surface area contributed by atoms with Crippen LogP contribution in [0.3, 0.4) is 0 Å². The van der Waals surface area contributed by atoms with Crippen LogP contribution in [-0.4, -0.2) is 16.0 Å². The summed E-state index contributed by atoms with van der Waals surface area (Å²) in [4.78, 5) is 12.3. The van der Waals surface area contributed by atoms with Crippen molar-refractivity contribution in [3.05, 3.63) is 59.7 Å². The van der Waals surface area contributed by atoms with E-state index in [-0.39, 0.29) is 17.1 Å². The number of Topliss-reactive ketones (excluding diaryl/α,β-unsaturated/α-hetero) is 1. The predicted octanol–water partition coefficient (Wildman–Crippen LogP) is 3.61. The van der Waals surface area contributed by atoms with Crippen molar-refractivity contribution in [2.24, 2.45) is 0 Å². The van der Waals surface area contributed by atoms with Crippen LogP contribution in [0.25, 0.3) is 0 Å². The van der Waals surface area contributed by atoms with Crippen molar-refractivity contribution in [2.45, 2.75) is 4.33 Å². The van der Waals surface area contributed by atoms with E-state index in [1.54, 1.807) is 0 Å². The van der Waals surface area contributed by atoms with Crippen LogP contribution in [0, 0.1) is 0 Å². The van der Waals surface area contributed by atoms with Gasteiger partial charge < -0.3 is 10.2 Å². The minimum Gasteiger partial charge on any atom is -0.508 e. The van der Waals surface area contributed by atoms with Crippen LogP contribution in [-0.2, 0) is 4.33 Å². The minimum atomic E-state index is -1.75. The number of carbonyl (C=O) groups excluding carboxylic acids is 1. The van der Waals surface area contributed by atoms with Gasteiger partial charge in [0.05, 0.1) is 0 Å². The van der Waals surface area contributed by atoms with E-state index in [9.17, 15) is 15.0 Å². The molecular formula is C14H10Cl2O3. The van der Waals surface area contributed by atoms with Crippen molar-refractivity contribution in [3.63, 3.8) is 0 Å². The molecule has 5 heteroatoms. The Bertz CT molecular complexity index is 589. The Morgan fingerprint density at radius 2 is 1.26 bits per heavy atom. The van der Waals surface area contributed by atoms with Crippen LogP contribution in [0.5, 0.6) is 11.5 Å². The Labute approximate surface area is 120 Å². The highest BCUT2D eigenvalue weighted by Crippen LogP contribution is 2.38. The summed E-state index contributed by atoms with van der Waals surface area (Å²) in [5, 5.41) is 18.4. The second kappa shape index (κ2) is 5.11. The van der Waals surface area contributed by atoms with Gasteiger partial charge in [0.1, 0.15) is 11.5 Å². The molecule has 2 aromatic carbocycles. The van der Waals surface area contributed by atoms with Crippen molar-refractivity contribution in [3.8, 4) is 11.5 Å². The molecule has 0 spiro atoms. The van der Waals surface area contributed by atoms with E-state index in [4.69, 9.17) is 23.2 Å². The van der Waals surface area contributed by atoms with E-state index in [2.05, 4.69) is 0 Å². The molecule has 0 saturated heterocycles. The highest BCUT2D eigenvalue weighted by atomic mass is 35.5. The van der Waals surface area contributed by atoms with Crippen molar-refractivity contribution >= 4 is 29.0 Å². The molecule has 0 fully saturated rings. The number of carbonyl (C=O) groups is 1. The quantitative estimate of drug-likeness (QED) is 0.672. The van der Waals surface area contributed by atoms with Gasteiger partial charge in [-0.1, -0.05) is 35.3 Å².